The normalized spacial score (nSPS) is 12.4. The molecule has 0 fully saturated rings. The van der Waals surface area contributed by atoms with Gasteiger partial charge in [0.2, 0.25) is 5.91 Å². The maximum atomic E-state index is 12.2. The number of benzene rings is 1. The minimum atomic E-state index is -0.212. The van der Waals surface area contributed by atoms with Gasteiger partial charge in [0.15, 0.2) is 0 Å². The first-order chi connectivity index (χ1) is 9.56. The van der Waals surface area contributed by atoms with Crippen LogP contribution in [-0.4, -0.2) is 23.9 Å². The van der Waals surface area contributed by atoms with E-state index in [-0.39, 0.29) is 11.9 Å². The van der Waals surface area contributed by atoms with Crippen molar-refractivity contribution in [1.82, 2.24) is 4.90 Å². The first-order valence-electron chi connectivity index (χ1n) is 6.36. The van der Waals surface area contributed by atoms with Crippen LogP contribution in [0.25, 0.3) is 0 Å². The molecule has 1 aromatic heterocycles. The lowest BCUT2D eigenvalue weighted by atomic mass is 10.2. The number of carbonyl (C=O) groups is 1. The topological polar surface area (TPSA) is 32.3 Å². The molecule has 5 heteroatoms. The quantitative estimate of drug-likeness (QED) is 0.909. The second-order valence-electron chi connectivity index (χ2n) is 4.65. The highest BCUT2D eigenvalue weighted by molar-refractivity contribution is 7.16. The zero-order valence-corrected chi connectivity index (χ0v) is 13.0. The van der Waals surface area contributed by atoms with Gasteiger partial charge in [0.1, 0.15) is 0 Å². The van der Waals surface area contributed by atoms with Gasteiger partial charge < -0.3 is 5.32 Å². The van der Waals surface area contributed by atoms with E-state index in [1.807, 2.05) is 61.3 Å². The first-order valence-corrected chi connectivity index (χ1v) is 7.56. The average Bonchev–Trinajstić information content (AvgIpc) is 2.84. The van der Waals surface area contributed by atoms with E-state index in [9.17, 15) is 4.79 Å². The van der Waals surface area contributed by atoms with Crippen molar-refractivity contribution in [2.75, 3.05) is 12.4 Å². The number of hydrogen-bond acceptors (Lipinski definition) is 3. The van der Waals surface area contributed by atoms with Crippen LogP contribution in [0, 0.1) is 0 Å². The number of anilines is 1. The molecule has 1 N–H and O–H groups in total. The summed E-state index contributed by atoms with van der Waals surface area (Å²) in [6.45, 7) is 2.61. The van der Waals surface area contributed by atoms with Crippen molar-refractivity contribution in [3.8, 4) is 0 Å². The lowest BCUT2D eigenvalue weighted by molar-refractivity contribution is -0.120. The molecule has 0 spiro atoms. The molecule has 3 nitrogen and oxygen atoms in total. The number of para-hydroxylation sites is 1. The van der Waals surface area contributed by atoms with Crippen LogP contribution in [0.2, 0.25) is 4.34 Å². The van der Waals surface area contributed by atoms with Gasteiger partial charge in [0, 0.05) is 17.1 Å². The molecule has 0 radical (unpaired) electrons. The van der Waals surface area contributed by atoms with Crippen molar-refractivity contribution >= 4 is 34.5 Å². The van der Waals surface area contributed by atoms with Crippen molar-refractivity contribution in [2.45, 2.75) is 19.5 Å². The second-order valence-corrected chi connectivity index (χ2v) is 6.45. The molecule has 1 unspecified atom stereocenters. The molecule has 20 heavy (non-hydrogen) atoms. The van der Waals surface area contributed by atoms with Gasteiger partial charge in [-0.25, -0.2) is 0 Å². The lowest BCUT2D eigenvalue weighted by Gasteiger charge is -2.23. The van der Waals surface area contributed by atoms with Crippen LogP contribution in [0.3, 0.4) is 0 Å². The van der Waals surface area contributed by atoms with Gasteiger partial charge in [-0.3, -0.25) is 9.69 Å². The Bertz CT molecular complexity index is 570. The van der Waals surface area contributed by atoms with Crippen LogP contribution < -0.4 is 5.32 Å². The lowest BCUT2D eigenvalue weighted by Crippen LogP contribution is -2.39. The zero-order chi connectivity index (χ0) is 14.5. The smallest absolute Gasteiger partial charge is 0.241 e. The molecule has 0 bridgehead atoms. The summed E-state index contributed by atoms with van der Waals surface area (Å²) in [5.74, 6) is -0.0126. The van der Waals surface area contributed by atoms with E-state index in [1.54, 1.807) is 11.3 Å². The predicted molar refractivity (Wildman–Crippen MR) is 85.3 cm³/mol. The third kappa shape index (κ3) is 4.07. The van der Waals surface area contributed by atoms with Crippen molar-refractivity contribution < 1.29 is 4.79 Å². The number of amides is 1. The van der Waals surface area contributed by atoms with Crippen LogP contribution in [0.5, 0.6) is 0 Å². The summed E-state index contributed by atoms with van der Waals surface area (Å²) in [6, 6.07) is 13.1. The average molecular weight is 309 g/mol. The van der Waals surface area contributed by atoms with E-state index in [1.165, 1.54) is 0 Å². The predicted octanol–water partition coefficient (Wildman–Crippen LogP) is 3.86. The van der Waals surface area contributed by atoms with Crippen LogP contribution in [-0.2, 0) is 11.3 Å². The fraction of sp³-hybridized carbons (Fsp3) is 0.267. The molecule has 1 heterocycles. The molecular formula is C15H17ClN2OS. The van der Waals surface area contributed by atoms with Gasteiger partial charge in [-0.1, -0.05) is 29.8 Å². The molecule has 0 aliphatic carbocycles. The monoisotopic (exact) mass is 308 g/mol. The van der Waals surface area contributed by atoms with E-state index < -0.39 is 0 Å². The molecule has 106 valence electrons. The maximum Gasteiger partial charge on any atom is 0.241 e. The fourth-order valence-electron chi connectivity index (χ4n) is 1.79. The summed E-state index contributed by atoms with van der Waals surface area (Å²) in [5.41, 5.74) is 0.817. The Balaban J connectivity index is 1.92. The Labute approximate surface area is 128 Å². The molecule has 2 rings (SSSR count). The Kier molecular flexibility index (Phi) is 5.17. The highest BCUT2D eigenvalue weighted by Gasteiger charge is 2.18. The molecule has 0 saturated heterocycles. The summed E-state index contributed by atoms with van der Waals surface area (Å²) in [7, 11) is 1.93. The van der Waals surface area contributed by atoms with Crippen molar-refractivity contribution in [3.63, 3.8) is 0 Å². The van der Waals surface area contributed by atoms with E-state index >= 15 is 0 Å². The van der Waals surface area contributed by atoms with Gasteiger partial charge in [-0.15, -0.1) is 11.3 Å². The zero-order valence-electron chi connectivity index (χ0n) is 11.5. The van der Waals surface area contributed by atoms with Crippen LogP contribution in [0.1, 0.15) is 11.8 Å². The molecule has 1 aromatic carbocycles. The molecule has 0 aliphatic rings. The van der Waals surface area contributed by atoms with Gasteiger partial charge in [0.05, 0.1) is 10.4 Å². The molecular weight excluding hydrogens is 292 g/mol. The summed E-state index contributed by atoms with van der Waals surface area (Å²) in [6.07, 6.45) is 0. The number of rotatable bonds is 5. The number of halogens is 1. The maximum absolute atomic E-state index is 12.2. The Hall–Kier alpha value is -1.36. The Morgan fingerprint density at radius 2 is 2.00 bits per heavy atom. The third-order valence-electron chi connectivity index (χ3n) is 3.12. The minimum absolute atomic E-state index is 0.0126. The number of nitrogens with zero attached hydrogens (tertiary/aromatic N) is 1. The van der Waals surface area contributed by atoms with Gasteiger partial charge in [0.25, 0.3) is 0 Å². The minimum Gasteiger partial charge on any atom is -0.325 e. The van der Waals surface area contributed by atoms with Crippen molar-refractivity contribution in [2.24, 2.45) is 0 Å². The van der Waals surface area contributed by atoms with E-state index in [4.69, 9.17) is 11.6 Å². The standard InChI is InChI=1S/C15H17ClN2OS/c1-11(15(19)17-12-6-4-3-5-7-12)18(2)10-13-8-9-14(16)20-13/h3-9,11H,10H2,1-2H3,(H,17,19). The number of nitrogens with one attached hydrogen (secondary N) is 1. The van der Waals surface area contributed by atoms with Crippen LogP contribution >= 0.6 is 22.9 Å². The molecule has 0 saturated carbocycles. The fourth-order valence-corrected chi connectivity index (χ4v) is 2.94. The SMILES string of the molecule is CC(C(=O)Nc1ccccc1)N(C)Cc1ccc(Cl)s1. The number of thiophene rings is 1. The number of likely N-dealkylation sites (N-methyl/N-ethyl adjacent to an activating group) is 1. The summed E-state index contributed by atoms with van der Waals surface area (Å²) >= 11 is 7.46. The van der Waals surface area contributed by atoms with E-state index in [2.05, 4.69) is 5.32 Å². The molecule has 0 aliphatic heterocycles. The van der Waals surface area contributed by atoms with Crippen molar-refractivity contribution in [3.05, 3.63) is 51.7 Å². The molecule has 1 atom stereocenters. The van der Waals surface area contributed by atoms with Gasteiger partial charge in [-0.05, 0) is 38.2 Å². The largest absolute Gasteiger partial charge is 0.325 e. The number of hydrogen-bond donors (Lipinski definition) is 1. The Morgan fingerprint density at radius 1 is 1.30 bits per heavy atom. The van der Waals surface area contributed by atoms with Crippen LogP contribution in [0.4, 0.5) is 5.69 Å². The third-order valence-corrected chi connectivity index (χ3v) is 4.33. The molecule has 1 amide bonds. The number of carbonyl (C=O) groups excluding carboxylic acids is 1. The second kappa shape index (κ2) is 6.88. The summed E-state index contributed by atoms with van der Waals surface area (Å²) in [5, 5.41) is 2.91. The van der Waals surface area contributed by atoms with E-state index in [0.29, 0.717) is 6.54 Å². The highest BCUT2D eigenvalue weighted by Crippen LogP contribution is 2.23. The van der Waals surface area contributed by atoms with Crippen molar-refractivity contribution in [1.29, 1.82) is 0 Å². The summed E-state index contributed by atoms with van der Waals surface area (Å²) < 4.78 is 0.773. The van der Waals surface area contributed by atoms with E-state index in [0.717, 1.165) is 14.9 Å². The molecule has 2 aromatic rings. The first kappa shape index (κ1) is 15.0. The Morgan fingerprint density at radius 3 is 2.60 bits per heavy atom. The summed E-state index contributed by atoms with van der Waals surface area (Å²) in [4.78, 5) is 15.3. The highest BCUT2D eigenvalue weighted by atomic mass is 35.5. The van der Waals surface area contributed by atoms with Crippen LogP contribution in [0.15, 0.2) is 42.5 Å². The van der Waals surface area contributed by atoms with Gasteiger partial charge >= 0.3 is 0 Å². The van der Waals surface area contributed by atoms with Gasteiger partial charge in [-0.2, -0.15) is 0 Å².